The van der Waals surface area contributed by atoms with Gasteiger partial charge in [0.25, 0.3) is 10.0 Å². The van der Waals surface area contributed by atoms with Crippen molar-refractivity contribution in [2.75, 3.05) is 18.4 Å². The van der Waals surface area contributed by atoms with Gasteiger partial charge in [-0.25, -0.2) is 8.42 Å². The lowest BCUT2D eigenvalue weighted by Crippen LogP contribution is -2.14. The van der Waals surface area contributed by atoms with Crippen LogP contribution >= 0.6 is 0 Å². The highest BCUT2D eigenvalue weighted by Crippen LogP contribution is 2.22. The van der Waals surface area contributed by atoms with Gasteiger partial charge in [-0.3, -0.25) is 4.72 Å². The van der Waals surface area contributed by atoms with Gasteiger partial charge in [-0.1, -0.05) is 18.2 Å². The van der Waals surface area contributed by atoms with Crippen LogP contribution < -0.4 is 4.72 Å². The van der Waals surface area contributed by atoms with E-state index in [1.165, 1.54) is 7.11 Å². The van der Waals surface area contributed by atoms with Crippen molar-refractivity contribution in [2.24, 2.45) is 0 Å². The molecule has 124 valence electrons. The minimum atomic E-state index is -3.67. The number of aryl methyl sites for hydroxylation is 2. The molecule has 0 aromatic heterocycles. The maximum Gasteiger partial charge on any atom is 0.261 e. The van der Waals surface area contributed by atoms with Crippen molar-refractivity contribution in [3.63, 3.8) is 0 Å². The summed E-state index contributed by atoms with van der Waals surface area (Å²) in [6, 6.07) is 11.6. The molecule has 0 bridgehead atoms. The van der Waals surface area contributed by atoms with Gasteiger partial charge in [0.2, 0.25) is 0 Å². The number of nitrogens with one attached hydrogen (secondary N) is 1. The zero-order valence-electron chi connectivity index (χ0n) is 13.4. The molecule has 0 amide bonds. The first kappa shape index (κ1) is 17.5. The Bertz CT molecular complexity index is 787. The monoisotopic (exact) mass is 335 g/mol. The number of aliphatic hydroxyl groups is 1. The van der Waals surface area contributed by atoms with E-state index in [1.54, 1.807) is 42.5 Å². The van der Waals surface area contributed by atoms with E-state index in [0.29, 0.717) is 11.3 Å². The lowest BCUT2D eigenvalue weighted by Gasteiger charge is -2.13. The van der Waals surface area contributed by atoms with Gasteiger partial charge in [-0.15, -0.1) is 0 Å². The molecule has 2 aromatic rings. The van der Waals surface area contributed by atoms with Crippen LogP contribution in [0.3, 0.4) is 0 Å². The molecule has 2 aromatic carbocycles. The molecular weight excluding hydrogens is 314 g/mol. The molecule has 0 aliphatic rings. The van der Waals surface area contributed by atoms with Crippen LogP contribution in [0.2, 0.25) is 0 Å². The normalized spacial score (nSPS) is 12.9. The van der Waals surface area contributed by atoms with Crippen LogP contribution in [0.4, 0.5) is 5.69 Å². The average molecular weight is 335 g/mol. The van der Waals surface area contributed by atoms with Crippen molar-refractivity contribution in [1.82, 2.24) is 0 Å². The molecule has 0 spiro atoms. The second-order valence-corrected chi connectivity index (χ2v) is 7.13. The summed E-state index contributed by atoms with van der Waals surface area (Å²) in [7, 11) is -2.17. The topological polar surface area (TPSA) is 75.6 Å². The van der Waals surface area contributed by atoms with E-state index in [0.717, 1.165) is 11.1 Å². The molecule has 0 saturated carbocycles. The predicted molar refractivity (Wildman–Crippen MR) is 90.0 cm³/mol. The van der Waals surface area contributed by atoms with Crippen LogP contribution in [0.5, 0.6) is 0 Å². The van der Waals surface area contributed by atoms with Gasteiger partial charge in [-0.05, 0) is 54.8 Å². The molecule has 0 fully saturated rings. The van der Waals surface area contributed by atoms with Gasteiger partial charge in [0.15, 0.2) is 0 Å². The largest absolute Gasteiger partial charge is 0.386 e. The lowest BCUT2D eigenvalue weighted by atomic mass is 10.1. The van der Waals surface area contributed by atoms with Crippen LogP contribution in [0.1, 0.15) is 22.8 Å². The van der Waals surface area contributed by atoms with E-state index >= 15 is 0 Å². The molecule has 23 heavy (non-hydrogen) atoms. The second kappa shape index (κ2) is 7.12. The predicted octanol–water partition coefficient (Wildman–Crippen LogP) is 2.78. The van der Waals surface area contributed by atoms with E-state index in [4.69, 9.17) is 4.74 Å². The zero-order chi connectivity index (χ0) is 17.0. The van der Waals surface area contributed by atoms with Gasteiger partial charge in [0.05, 0.1) is 11.5 Å². The number of hydrogen-bond donors (Lipinski definition) is 2. The number of ether oxygens (including phenoxy) is 1. The summed E-state index contributed by atoms with van der Waals surface area (Å²) in [5.41, 5.74) is 2.94. The van der Waals surface area contributed by atoms with Gasteiger partial charge < -0.3 is 9.84 Å². The fourth-order valence-electron chi connectivity index (χ4n) is 2.16. The molecule has 6 heteroatoms. The molecule has 0 saturated heterocycles. The highest BCUT2D eigenvalue weighted by atomic mass is 32.2. The average Bonchev–Trinajstić information content (AvgIpc) is 2.50. The highest BCUT2D eigenvalue weighted by molar-refractivity contribution is 7.92. The summed E-state index contributed by atoms with van der Waals surface area (Å²) in [5.74, 6) is 0. The summed E-state index contributed by atoms with van der Waals surface area (Å²) < 4.78 is 32.4. The molecule has 1 atom stereocenters. The quantitative estimate of drug-likeness (QED) is 0.851. The summed E-state index contributed by atoms with van der Waals surface area (Å²) >= 11 is 0. The van der Waals surface area contributed by atoms with Gasteiger partial charge in [0.1, 0.15) is 6.10 Å². The molecule has 2 N–H and O–H groups in total. The first-order valence-corrected chi connectivity index (χ1v) is 8.69. The summed E-state index contributed by atoms with van der Waals surface area (Å²) in [6.07, 6.45) is -0.800. The lowest BCUT2D eigenvalue weighted by molar-refractivity contribution is 0.0644. The van der Waals surface area contributed by atoms with Crippen molar-refractivity contribution in [1.29, 1.82) is 0 Å². The number of hydrogen-bond acceptors (Lipinski definition) is 4. The molecule has 5 nitrogen and oxygen atoms in total. The van der Waals surface area contributed by atoms with E-state index in [1.807, 2.05) is 13.8 Å². The Morgan fingerprint density at radius 2 is 1.87 bits per heavy atom. The zero-order valence-corrected chi connectivity index (χ0v) is 14.2. The third kappa shape index (κ3) is 4.31. The van der Waals surface area contributed by atoms with Crippen LogP contribution in [0.15, 0.2) is 47.4 Å². The van der Waals surface area contributed by atoms with Crippen LogP contribution in [-0.4, -0.2) is 27.2 Å². The van der Waals surface area contributed by atoms with Crippen LogP contribution in [-0.2, 0) is 14.8 Å². The van der Waals surface area contributed by atoms with E-state index in [2.05, 4.69) is 4.72 Å². The van der Waals surface area contributed by atoms with Crippen molar-refractivity contribution in [2.45, 2.75) is 24.8 Å². The van der Waals surface area contributed by atoms with E-state index in [9.17, 15) is 13.5 Å². The Kier molecular flexibility index (Phi) is 5.41. The molecule has 0 aliphatic heterocycles. The number of anilines is 1. The van der Waals surface area contributed by atoms with Gasteiger partial charge in [0, 0.05) is 12.8 Å². The molecule has 0 heterocycles. The minimum Gasteiger partial charge on any atom is -0.386 e. The second-order valence-electron chi connectivity index (χ2n) is 5.45. The number of benzene rings is 2. The van der Waals surface area contributed by atoms with Crippen LogP contribution in [0.25, 0.3) is 0 Å². The Labute approximate surface area is 137 Å². The summed E-state index contributed by atoms with van der Waals surface area (Å²) in [5, 5.41) is 9.93. The Hall–Kier alpha value is -1.89. The van der Waals surface area contributed by atoms with Crippen LogP contribution in [0, 0.1) is 13.8 Å². The maximum absolute atomic E-state index is 12.5. The molecule has 0 radical (unpaired) electrons. The van der Waals surface area contributed by atoms with Crippen molar-refractivity contribution in [3.8, 4) is 0 Å². The standard InChI is InChI=1S/C17H21NO4S/c1-12-7-8-16(9-13(12)2)23(20,21)18-15-6-4-5-14(10-15)17(19)11-22-3/h4-10,17-19H,11H2,1-3H3. The third-order valence-electron chi connectivity index (χ3n) is 3.64. The Morgan fingerprint density at radius 3 is 2.52 bits per heavy atom. The van der Waals surface area contributed by atoms with Crippen molar-refractivity contribution >= 4 is 15.7 Å². The molecule has 2 rings (SSSR count). The van der Waals surface area contributed by atoms with Crippen molar-refractivity contribution < 1.29 is 18.3 Å². The number of rotatable bonds is 6. The van der Waals surface area contributed by atoms with Crippen molar-refractivity contribution in [3.05, 3.63) is 59.2 Å². The fraction of sp³-hybridized carbons (Fsp3) is 0.294. The minimum absolute atomic E-state index is 0.146. The number of methoxy groups -OCH3 is 1. The van der Waals surface area contributed by atoms with Gasteiger partial charge >= 0.3 is 0 Å². The fourth-order valence-corrected chi connectivity index (χ4v) is 3.29. The maximum atomic E-state index is 12.5. The Balaban J connectivity index is 2.26. The van der Waals surface area contributed by atoms with E-state index in [-0.39, 0.29) is 11.5 Å². The number of sulfonamides is 1. The Morgan fingerprint density at radius 1 is 1.13 bits per heavy atom. The first-order chi connectivity index (χ1) is 10.8. The van der Waals surface area contributed by atoms with E-state index < -0.39 is 16.1 Å². The van der Waals surface area contributed by atoms with Gasteiger partial charge in [-0.2, -0.15) is 0 Å². The molecule has 1 unspecified atom stereocenters. The SMILES string of the molecule is COCC(O)c1cccc(NS(=O)(=O)c2ccc(C)c(C)c2)c1. The smallest absolute Gasteiger partial charge is 0.261 e. The molecule has 0 aliphatic carbocycles. The first-order valence-electron chi connectivity index (χ1n) is 7.20. The third-order valence-corrected chi connectivity index (χ3v) is 5.02. The summed E-state index contributed by atoms with van der Waals surface area (Å²) in [6.45, 7) is 3.95. The number of aliphatic hydroxyl groups excluding tert-OH is 1. The molecular formula is C17H21NO4S. The summed E-state index contributed by atoms with van der Waals surface area (Å²) in [4.78, 5) is 0.212. The highest BCUT2D eigenvalue weighted by Gasteiger charge is 2.16.